The van der Waals surface area contributed by atoms with Crippen molar-refractivity contribution in [2.75, 3.05) is 17.7 Å². The second kappa shape index (κ2) is 7.40. The number of halogens is 1. The maximum absolute atomic E-state index is 13.0. The van der Waals surface area contributed by atoms with E-state index in [1.807, 2.05) is 13.0 Å². The third kappa shape index (κ3) is 4.81. The number of rotatable bonds is 5. The molecule has 6 heteroatoms. The first kappa shape index (κ1) is 16.5. The molecule has 5 nitrogen and oxygen atoms in total. The highest BCUT2D eigenvalue weighted by Crippen LogP contribution is 2.25. The fraction of sp³-hybridized carbons (Fsp3) is 0.176. The van der Waals surface area contributed by atoms with Crippen LogP contribution in [0.25, 0.3) is 0 Å². The summed E-state index contributed by atoms with van der Waals surface area (Å²) in [4.78, 5) is 23.8. The maximum atomic E-state index is 13.0. The van der Waals surface area contributed by atoms with Crippen LogP contribution in [-0.4, -0.2) is 18.9 Å². The molecule has 23 heavy (non-hydrogen) atoms. The van der Waals surface area contributed by atoms with Gasteiger partial charge < -0.3 is 15.4 Å². The van der Waals surface area contributed by atoms with Crippen LogP contribution >= 0.6 is 0 Å². The highest BCUT2D eigenvalue weighted by atomic mass is 19.1. The Morgan fingerprint density at radius 2 is 1.83 bits per heavy atom. The first-order chi connectivity index (χ1) is 11.0. The average Bonchev–Trinajstić information content (AvgIpc) is 2.47. The molecule has 0 aromatic heterocycles. The highest BCUT2D eigenvalue weighted by molar-refractivity contribution is 6.08. The minimum atomic E-state index is -0.528. The SMILES string of the molecule is COc1ccc(C)cc1NC(=O)CC(=O)Nc1cccc(F)c1. The summed E-state index contributed by atoms with van der Waals surface area (Å²) in [5, 5.41) is 5.10. The van der Waals surface area contributed by atoms with E-state index in [4.69, 9.17) is 4.74 Å². The number of hydrogen-bond acceptors (Lipinski definition) is 3. The van der Waals surface area contributed by atoms with E-state index >= 15 is 0 Å². The number of amides is 2. The van der Waals surface area contributed by atoms with E-state index in [0.29, 0.717) is 17.1 Å². The zero-order valence-corrected chi connectivity index (χ0v) is 12.9. The van der Waals surface area contributed by atoms with Crippen LogP contribution < -0.4 is 15.4 Å². The van der Waals surface area contributed by atoms with E-state index in [-0.39, 0.29) is 6.42 Å². The first-order valence-corrected chi connectivity index (χ1v) is 6.98. The Bertz CT molecular complexity index is 732. The fourth-order valence-corrected chi connectivity index (χ4v) is 2.03. The molecule has 0 unspecified atom stereocenters. The molecule has 0 saturated carbocycles. The topological polar surface area (TPSA) is 67.4 Å². The van der Waals surface area contributed by atoms with Crippen molar-refractivity contribution in [3.05, 3.63) is 53.8 Å². The van der Waals surface area contributed by atoms with E-state index in [0.717, 1.165) is 5.56 Å². The molecule has 0 saturated heterocycles. The minimum Gasteiger partial charge on any atom is -0.495 e. The molecule has 0 aliphatic carbocycles. The van der Waals surface area contributed by atoms with Crippen molar-refractivity contribution in [1.29, 1.82) is 0 Å². The molecular weight excluding hydrogens is 299 g/mol. The molecule has 0 aliphatic rings. The first-order valence-electron chi connectivity index (χ1n) is 6.98. The van der Waals surface area contributed by atoms with Gasteiger partial charge in [0.1, 0.15) is 18.0 Å². The summed E-state index contributed by atoms with van der Waals surface area (Å²) in [6.45, 7) is 1.88. The van der Waals surface area contributed by atoms with Gasteiger partial charge in [-0.25, -0.2) is 4.39 Å². The fourth-order valence-electron chi connectivity index (χ4n) is 2.03. The Hall–Kier alpha value is -2.89. The van der Waals surface area contributed by atoms with E-state index in [1.165, 1.54) is 25.3 Å². The molecule has 2 amide bonds. The van der Waals surface area contributed by atoms with Crippen LogP contribution in [0.15, 0.2) is 42.5 Å². The lowest BCUT2D eigenvalue weighted by atomic mass is 10.2. The van der Waals surface area contributed by atoms with Gasteiger partial charge in [-0.05, 0) is 42.8 Å². The van der Waals surface area contributed by atoms with E-state index < -0.39 is 17.6 Å². The smallest absolute Gasteiger partial charge is 0.233 e. The number of hydrogen-bond donors (Lipinski definition) is 2. The van der Waals surface area contributed by atoms with Crippen molar-refractivity contribution < 1.29 is 18.7 Å². The van der Waals surface area contributed by atoms with E-state index in [9.17, 15) is 14.0 Å². The Morgan fingerprint density at radius 1 is 1.09 bits per heavy atom. The highest BCUT2D eigenvalue weighted by Gasteiger charge is 2.12. The summed E-state index contributed by atoms with van der Waals surface area (Å²) in [7, 11) is 1.50. The zero-order chi connectivity index (χ0) is 16.8. The summed E-state index contributed by atoms with van der Waals surface area (Å²) in [5.74, 6) is -0.964. The van der Waals surface area contributed by atoms with Gasteiger partial charge in [-0.1, -0.05) is 12.1 Å². The molecule has 0 atom stereocenters. The summed E-state index contributed by atoms with van der Waals surface area (Å²) in [5.41, 5.74) is 1.75. The Balaban J connectivity index is 1.97. The lowest BCUT2D eigenvalue weighted by Crippen LogP contribution is -2.21. The quantitative estimate of drug-likeness (QED) is 0.833. The molecule has 0 radical (unpaired) electrons. The molecule has 2 N–H and O–H groups in total. The van der Waals surface area contributed by atoms with Crippen LogP contribution in [0.3, 0.4) is 0 Å². The van der Waals surface area contributed by atoms with Crippen LogP contribution in [0, 0.1) is 12.7 Å². The van der Waals surface area contributed by atoms with Gasteiger partial charge in [-0.15, -0.1) is 0 Å². The molecule has 0 heterocycles. The van der Waals surface area contributed by atoms with Crippen molar-refractivity contribution in [2.24, 2.45) is 0 Å². The van der Waals surface area contributed by atoms with Crippen molar-refractivity contribution in [2.45, 2.75) is 13.3 Å². The largest absolute Gasteiger partial charge is 0.495 e. The van der Waals surface area contributed by atoms with Crippen molar-refractivity contribution >= 4 is 23.2 Å². The summed E-state index contributed by atoms with van der Waals surface area (Å²) in [6.07, 6.45) is -0.381. The number of nitrogens with one attached hydrogen (secondary N) is 2. The number of ether oxygens (including phenoxy) is 1. The standard InChI is InChI=1S/C17H17FN2O3/c1-11-6-7-15(23-2)14(8-11)20-17(22)10-16(21)19-13-5-3-4-12(18)9-13/h3-9H,10H2,1-2H3,(H,19,21)(H,20,22). The number of carbonyl (C=O) groups is 2. The predicted octanol–water partition coefficient (Wildman–Crippen LogP) is 3.11. The van der Waals surface area contributed by atoms with Crippen molar-refractivity contribution in [3.63, 3.8) is 0 Å². The zero-order valence-electron chi connectivity index (χ0n) is 12.9. The maximum Gasteiger partial charge on any atom is 0.233 e. The van der Waals surface area contributed by atoms with E-state index in [1.54, 1.807) is 18.2 Å². The van der Waals surface area contributed by atoms with Crippen molar-refractivity contribution in [1.82, 2.24) is 0 Å². The average molecular weight is 316 g/mol. The summed E-state index contributed by atoms with van der Waals surface area (Å²) in [6, 6.07) is 10.8. The number of aryl methyl sites for hydroxylation is 1. The number of benzene rings is 2. The van der Waals surface area contributed by atoms with Gasteiger partial charge >= 0.3 is 0 Å². The van der Waals surface area contributed by atoms with Gasteiger partial charge in [-0.2, -0.15) is 0 Å². The van der Waals surface area contributed by atoms with Gasteiger partial charge in [0.15, 0.2) is 0 Å². The van der Waals surface area contributed by atoms with Gasteiger partial charge in [0, 0.05) is 5.69 Å². The molecular formula is C17H17FN2O3. The van der Waals surface area contributed by atoms with Crippen LogP contribution in [0.5, 0.6) is 5.75 Å². The van der Waals surface area contributed by atoms with Gasteiger partial charge in [0.05, 0.1) is 12.8 Å². The third-order valence-corrected chi connectivity index (χ3v) is 3.06. The van der Waals surface area contributed by atoms with Gasteiger partial charge in [-0.3, -0.25) is 9.59 Å². The molecule has 0 aliphatic heterocycles. The number of methoxy groups -OCH3 is 1. The van der Waals surface area contributed by atoms with Crippen LogP contribution in [0.2, 0.25) is 0 Å². The van der Waals surface area contributed by atoms with E-state index in [2.05, 4.69) is 10.6 Å². The third-order valence-electron chi connectivity index (χ3n) is 3.06. The molecule has 0 bridgehead atoms. The predicted molar refractivity (Wildman–Crippen MR) is 86.0 cm³/mol. The second-order valence-electron chi connectivity index (χ2n) is 4.99. The monoisotopic (exact) mass is 316 g/mol. The van der Waals surface area contributed by atoms with Gasteiger partial charge in [0.2, 0.25) is 11.8 Å². The molecule has 0 spiro atoms. The Kier molecular flexibility index (Phi) is 5.30. The second-order valence-corrected chi connectivity index (χ2v) is 4.99. The molecule has 2 aromatic rings. The Morgan fingerprint density at radius 3 is 2.52 bits per heavy atom. The minimum absolute atomic E-state index is 0.302. The summed E-state index contributed by atoms with van der Waals surface area (Å²) >= 11 is 0. The van der Waals surface area contributed by atoms with Crippen LogP contribution in [0.1, 0.15) is 12.0 Å². The normalized spacial score (nSPS) is 10.0. The Labute approximate surface area is 133 Å². The van der Waals surface area contributed by atoms with Crippen molar-refractivity contribution in [3.8, 4) is 5.75 Å². The number of anilines is 2. The number of carbonyl (C=O) groups excluding carboxylic acids is 2. The lowest BCUT2D eigenvalue weighted by Gasteiger charge is -2.11. The molecule has 120 valence electrons. The van der Waals surface area contributed by atoms with Gasteiger partial charge in [0.25, 0.3) is 0 Å². The summed E-state index contributed by atoms with van der Waals surface area (Å²) < 4.78 is 18.2. The molecule has 2 rings (SSSR count). The van der Waals surface area contributed by atoms with Crippen LogP contribution in [-0.2, 0) is 9.59 Å². The van der Waals surface area contributed by atoms with Crippen LogP contribution in [0.4, 0.5) is 15.8 Å². The lowest BCUT2D eigenvalue weighted by molar-refractivity contribution is -0.123. The molecule has 2 aromatic carbocycles. The molecule has 0 fully saturated rings.